The smallest absolute Gasteiger partial charge is 0.228 e. The Hall–Kier alpha value is -1.16. The quantitative estimate of drug-likeness (QED) is 0.480. The van der Waals surface area contributed by atoms with E-state index in [1.165, 1.54) is 19.3 Å². The van der Waals surface area contributed by atoms with Crippen molar-refractivity contribution in [3.8, 4) is 0 Å². The highest BCUT2D eigenvalue weighted by molar-refractivity contribution is 7.99. The van der Waals surface area contributed by atoms with Crippen LogP contribution in [0, 0.1) is 0 Å². The molecule has 3 nitrogen and oxygen atoms in total. The number of hydrogen-bond acceptors (Lipinski definition) is 3. The summed E-state index contributed by atoms with van der Waals surface area (Å²) in [5.41, 5.74) is 8.74. The van der Waals surface area contributed by atoms with Crippen LogP contribution in [0.25, 0.3) is 0 Å². The average molecular weight is 250 g/mol. The van der Waals surface area contributed by atoms with Gasteiger partial charge in [-0.2, -0.15) is 0 Å². The van der Waals surface area contributed by atoms with Gasteiger partial charge in [-0.25, -0.2) is 0 Å². The van der Waals surface area contributed by atoms with Gasteiger partial charge >= 0.3 is 0 Å². The normalized spacial score (nSPS) is 13.6. The highest BCUT2D eigenvalue weighted by Crippen LogP contribution is 2.34. The Morgan fingerprint density at radius 3 is 3.00 bits per heavy atom. The van der Waals surface area contributed by atoms with Crippen LogP contribution in [0.5, 0.6) is 0 Å². The molecule has 1 aliphatic heterocycles. The van der Waals surface area contributed by atoms with Gasteiger partial charge in [0.25, 0.3) is 0 Å². The molecule has 0 radical (unpaired) electrons. The summed E-state index contributed by atoms with van der Waals surface area (Å²) < 4.78 is 0. The summed E-state index contributed by atoms with van der Waals surface area (Å²) in [6, 6.07) is 3.93. The fourth-order valence-electron chi connectivity index (χ4n) is 1.93. The van der Waals surface area contributed by atoms with Crippen molar-refractivity contribution < 1.29 is 4.79 Å². The molecule has 17 heavy (non-hydrogen) atoms. The Morgan fingerprint density at radius 1 is 1.41 bits per heavy atom. The summed E-state index contributed by atoms with van der Waals surface area (Å²) in [6.07, 6.45) is 4.16. The second-order valence-corrected chi connectivity index (χ2v) is 5.46. The maximum atomic E-state index is 11.3. The maximum absolute atomic E-state index is 11.3. The van der Waals surface area contributed by atoms with Gasteiger partial charge in [0.05, 0.1) is 6.42 Å². The van der Waals surface area contributed by atoms with Gasteiger partial charge in [0, 0.05) is 16.3 Å². The third-order valence-corrected chi connectivity index (χ3v) is 4.02. The lowest BCUT2D eigenvalue weighted by Crippen LogP contribution is -2.03. The molecule has 0 unspecified atom stereocenters. The Balaban J connectivity index is 2.03. The highest BCUT2D eigenvalue weighted by Gasteiger charge is 2.19. The Morgan fingerprint density at radius 2 is 2.24 bits per heavy atom. The van der Waals surface area contributed by atoms with Gasteiger partial charge in [0.2, 0.25) is 5.91 Å². The zero-order valence-electron chi connectivity index (χ0n) is 10.1. The minimum atomic E-state index is 0.0625. The van der Waals surface area contributed by atoms with E-state index in [1.54, 1.807) is 11.8 Å². The standard InChI is InChI=1S/C13H18N2OS/c1-2-3-4-5-17-12-8-11-9(6-10(12)14)7-13(16)15-11/h6,8H,2-5,7,14H2,1H3,(H,15,16). The number of carbonyl (C=O) groups excluding carboxylic acids is 1. The molecule has 4 heteroatoms. The first-order valence-corrected chi connectivity index (χ1v) is 7.04. The molecule has 0 saturated carbocycles. The topological polar surface area (TPSA) is 55.1 Å². The summed E-state index contributed by atoms with van der Waals surface area (Å²) in [7, 11) is 0. The number of hydrogen-bond donors (Lipinski definition) is 2. The van der Waals surface area contributed by atoms with Crippen LogP contribution in [-0.4, -0.2) is 11.7 Å². The van der Waals surface area contributed by atoms with Gasteiger partial charge in [-0.15, -0.1) is 11.8 Å². The first-order chi connectivity index (χ1) is 8.20. The number of rotatable bonds is 5. The van der Waals surface area contributed by atoms with Crippen LogP contribution in [-0.2, 0) is 11.2 Å². The molecule has 0 atom stereocenters. The summed E-state index contributed by atoms with van der Waals surface area (Å²) in [4.78, 5) is 12.3. The molecule has 0 saturated heterocycles. The van der Waals surface area contributed by atoms with E-state index in [4.69, 9.17) is 5.73 Å². The number of amides is 1. The van der Waals surface area contributed by atoms with E-state index in [0.717, 1.165) is 27.6 Å². The molecule has 0 aliphatic carbocycles. The lowest BCUT2D eigenvalue weighted by molar-refractivity contribution is -0.115. The van der Waals surface area contributed by atoms with Gasteiger partial charge in [0.15, 0.2) is 0 Å². The van der Waals surface area contributed by atoms with Gasteiger partial charge < -0.3 is 11.1 Å². The summed E-state index contributed by atoms with van der Waals surface area (Å²) in [5, 5.41) is 2.86. The van der Waals surface area contributed by atoms with E-state index in [-0.39, 0.29) is 5.91 Å². The number of carbonyl (C=O) groups is 1. The van der Waals surface area contributed by atoms with Gasteiger partial charge in [-0.1, -0.05) is 19.8 Å². The van der Waals surface area contributed by atoms with Crippen LogP contribution < -0.4 is 11.1 Å². The van der Waals surface area contributed by atoms with Crippen LogP contribution in [0.3, 0.4) is 0 Å². The maximum Gasteiger partial charge on any atom is 0.228 e. The largest absolute Gasteiger partial charge is 0.398 e. The van der Waals surface area contributed by atoms with Crippen LogP contribution in [0.4, 0.5) is 11.4 Å². The van der Waals surface area contributed by atoms with E-state index in [1.807, 2.05) is 12.1 Å². The first kappa shape index (κ1) is 12.3. The molecular weight excluding hydrogens is 232 g/mol. The fourth-order valence-corrected chi connectivity index (χ4v) is 2.93. The van der Waals surface area contributed by atoms with Gasteiger partial charge in [-0.3, -0.25) is 4.79 Å². The molecular formula is C13H18N2OS. The molecule has 0 fully saturated rings. The summed E-state index contributed by atoms with van der Waals surface area (Å²) in [6.45, 7) is 2.20. The zero-order chi connectivity index (χ0) is 12.3. The van der Waals surface area contributed by atoms with Crippen molar-refractivity contribution in [2.75, 3.05) is 16.8 Å². The minimum Gasteiger partial charge on any atom is -0.398 e. The number of nitrogens with two attached hydrogens (primary N) is 1. The molecule has 0 aromatic heterocycles. The number of nitrogen functional groups attached to an aromatic ring is 1. The summed E-state index contributed by atoms with van der Waals surface area (Å²) in [5.74, 6) is 1.15. The minimum absolute atomic E-state index is 0.0625. The third kappa shape index (κ3) is 2.94. The van der Waals surface area contributed by atoms with Crippen molar-refractivity contribution in [1.82, 2.24) is 0 Å². The van der Waals surface area contributed by atoms with Crippen LogP contribution in [0.2, 0.25) is 0 Å². The first-order valence-electron chi connectivity index (χ1n) is 6.05. The van der Waals surface area contributed by atoms with Crippen molar-refractivity contribution in [3.63, 3.8) is 0 Å². The molecule has 0 bridgehead atoms. The molecule has 1 aromatic rings. The number of anilines is 2. The third-order valence-electron chi connectivity index (χ3n) is 2.87. The molecule has 1 amide bonds. The highest BCUT2D eigenvalue weighted by atomic mass is 32.2. The van der Waals surface area contributed by atoms with E-state index in [0.29, 0.717) is 6.42 Å². The van der Waals surface area contributed by atoms with Crippen molar-refractivity contribution in [3.05, 3.63) is 17.7 Å². The van der Waals surface area contributed by atoms with Crippen molar-refractivity contribution >= 4 is 29.0 Å². The number of unbranched alkanes of at least 4 members (excludes halogenated alkanes) is 2. The predicted octanol–water partition coefficient (Wildman–Crippen LogP) is 3.05. The van der Waals surface area contributed by atoms with Crippen molar-refractivity contribution in [2.24, 2.45) is 0 Å². The Kier molecular flexibility index (Phi) is 3.94. The van der Waals surface area contributed by atoms with Crippen molar-refractivity contribution in [2.45, 2.75) is 37.5 Å². The van der Waals surface area contributed by atoms with Gasteiger partial charge in [-0.05, 0) is 29.9 Å². The fraction of sp³-hybridized carbons (Fsp3) is 0.462. The summed E-state index contributed by atoms with van der Waals surface area (Å²) >= 11 is 1.78. The molecule has 1 aromatic carbocycles. The van der Waals surface area contributed by atoms with Crippen LogP contribution in [0.1, 0.15) is 31.7 Å². The van der Waals surface area contributed by atoms with Crippen LogP contribution >= 0.6 is 11.8 Å². The molecule has 2 rings (SSSR count). The Bertz CT molecular complexity index is 432. The lowest BCUT2D eigenvalue weighted by Gasteiger charge is -2.08. The van der Waals surface area contributed by atoms with E-state index in [9.17, 15) is 4.79 Å². The number of nitrogens with one attached hydrogen (secondary N) is 1. The molecule has 1 aliphatic rings. The average Bonchev–Trinajstić information content (AvgIpc) is 2.63. The van der Waals surface area contributed by atoms with E-state index >= 15 is 0 Å². The number of fused-ring (bicyclic) bond motifs is 1. The van der Waals surface area contributed by atoms with E-state index in [2.05, 4.69) is 12.2 Å². The van der Waals surface area contributed by atoms with Crippen molar-refractivity contribution in [1.29, 1.82) is 0 Å². The zero-order valence-corrected chi connectivity index (χ0v) is 10.9. The lowest BCUT2D eigenvalue weighted by atomic mass is 10.1. The molecule has 0 spiro atoms. The number of thioether (sulfide) groups is 1. The molecule has 3 N–H and O–H groups in total. The molecule has 1 heterocycles. The Labute approximate surface area is 106 Å². The van der Waals surface area contributed by atoms with Crippen LogP contribution in [0.15, 0.2) is 17.0 Å². The second-order valence-electron chi connectivity index (χ2n) is 4.33. The van der Waals surface area contributed by atoms with Gasteiger partial charge in [0.1, 0.15) is 0 Å². The molecule has 92 valence electrons. The van der Waals surface area contributed by atoms with E-state index < -0.39 is 0 Å². The second kappa shape index (κ2) is 5.45. The predicted molar refractivity (Wildman–Crippen MR) is 73.4 cm³/mol. The SMILES string of the molecule is CCCCCSc1cc2c(cc1N)CC(=O)N2. The number of benzene rings is 1. The monoisotopic (exact) mass is 250 g/mol.